The molecular weight excluding hydrogens is 389 g/mol. The summed E-state index contributed by atoms with van der Waals surface area (Å²) in [5.74, 6) is 0. The number of hydrogen-bond donors (Lipinski definition) is 1. The minimum Gasteiger partial charge on any atom is -0.439 e. The third kappa shape index (κ3) is 29.1. The fourth-order valence-electron chi connectivity index (χ4n) is 0. The van der Waals surface area contributed by atoms with Gasteiger partial charge in [0.25, 0.3) is 0 Å². The van der Waals surface area contributed by atoms with Crippen molar-refractivity contribution in [1.29, 1.82) is 0 Å². The number of rotatable bonds is 0. The Morgan fingerprint density at radius 2 is 1.33 bits per heavy atom. The van der Waals surface area contributed by atoms with Crippen molar-refractivity contribution in [1.82, 2.24) is 0 Å². The maximum absolute atomic E-state index is 8.56. The molecule has 3 nitrogen and oxygen atoms in total. The zero-order valence-corrected chi connectivity index (χ0v) is 7.91. The van der Waals surface area contributed by atoms with Gasteiger partial charge in [-0.05, 0) is 0 Å². The molecule has 0 saturated heterocycles. The standard InChI is InChI=1S/Eu.Gd.HO3S/c;;1-4(2)3/h;;(H,1,2,3)/q;;-1. The van der Waals surface area contributed by atoms with Gasteiger partial charge in [0, 0.05) is 100 Å². The monoisotopic (exact) mass is 392 g/mol. The van der Waals surface area contributed by atoms with Crippen molar-refractivity contribution in [2.75, 3.05) is 0 Å². The van der Waals surface area contributed by atoms with E-state index in [0.717, 1.165) is 0 Å². The predicted octanol–water partition coefficient (Wildman–Crippen LogP) is -0.231. The summed E-state index contributed by atoms with van der Waals surface area (Å²) >= 11 is 0. The summed E-state index contributed by atoms with van der Waals surface area (Å²) < 4.78 is 24.1. The van der Waals surface area contributed by atoms with Gasteiger partial charge in [-0.1, -0.05) is 0 Å². The van der Waals surface area contributed by atoms with Crippen LogP contribution in [-0.4, -0.2) is 4.55 Å². The van der Waals surface area contributed by atoms with E-state index in [4.69, 9.17) is 13.0 Å². The minimum atomic E-state index is -2.86. The van der Waals surface area contributed by atoms with Gasteiger partial charge in [0.2, 0.25) is 0 Å². The molecule has 1 radical (unpaired) electrons. The molecule has 6 heteroatoms. The van der Waals surface area contributed by atoms with Crippen LogP contribution in [0.3, 0.4) is 0 Å². The van der Waals surface area contributed by atoms with Gasteiger partial charge in [0.05, 0.1) is 0 Å². The van der Waals surface area contributed by atoms with Crippen molar-refractivity contribution < 1.29 is 102 Å². The molecule has 0 aliphatic heterocycles. The van der Waals surface area contributed by atoms with E-state index in [1.807, 2.05) is 0 Å². The summed E-state index contributed by atoms with van der Waals surface area (Å²) in [6.07, 6.45) is 0. The van der Waals surface area contributed by atoms with Crippen LogP contribution in [0.4, 0.5) is 0 Å². The van der Waals surface area contributed by atoms with Gasteiger partial charge in [-0.2, -0.15) is 0 Å². The molecule has 0 aliphatic carbocycles. The Morgan fingerprint density at radius 3 is 1.33 bits per heavy atom. The first kappa shape index (κ1) is 15.9. The van der Waals surface area contributed by atoms with Crippen molar-refractivity contribution in [3.63, 3.8) is 0 Å². The van der Waals surface area contributed by atoms with Crippen LogP contribution in [-0.2, 0) is 19.4 Å². The van der Waals surface area contributed by atoms with E-state index in [-0.39, 0.29) is 89.3 Å². The van der Waals surface area contributed by atoms with E-state index in [9.17, 15) is 0 Å². The molecule has 0 heterocycles. The molecule has 0 unspecified atom stereocenters. The Morgan fingerprint density at radius 1 is 1.33 bits per heavy atom. The number of hydrogen-bond acceptors (Lipinski definition) is 3. The summed E-state index contributed by atoms with van der Waals surface area (Å²) in [5, 5.41) is 0. The molecule has 0 aromatic heterocycles. The summed E-state index contributed by atoms with van der Waals surface area (Å²) in [7, 11) is -2.86. The normalized spacial score (nSPS) is 5.67. The van der Waals surface area contributed by atoms with Crippen LogP contribution in [0.5, 0.6) is 0 Å². The smallest absolute Gasteiger partial charge is 0.0495 e. The molecule has 1 N–H and O–H groups in total. The molecule has 0 saturated carbocycles. The topological polar surface area (TPSA) is 54.4 Å². The molecule has 0 aliphatic rings. The summed E-state index contributed by atoms with van der Waals surface area (Å²) in [5.41, 5.74) is 0. The SMILES string of the molecule is O=[S-](=O)O.[Eu].[Gd]. The minimum absolute atomic E-state index is 0. The Hall–Kier alpha value is 2.82. The van der Waals surface area contributed by atoms with Crippen LogP contribution < -0.4 is 0 Å². The predicted molar refractivity (Wildman–Crippen MR) is 11.4 cm³/mol. The molecule has 0 atom stereocenters. The summed E-state index contributed by atoms with van der Waals surface area (Å²) in [6.45, 7) is 0. The van der Waals surface area contributed by atoms with Crippen molar-refractivity contribution in [3.8, 4) is 0 Å². The second-order valence-electron chi connectivity index (χ2n) is 0.217. The van der Waals surface area contributed by atoms with E-state index >= 15 is 0 Å². The van der Waals surface area contributed by atoms with Crippen LogP contribution in [0.25, 0.3) is 0 Å². The molecule has 0 fully saturated rings. The Kier molecular flexibility index (Phi) is 28.5. The van der Waals surface area contributed by atoms with Gasteiger partial charge in [-0.25, -0.2) is 0 Å². The van der Waals surface area contributed by atoms with Crippen LogP contribution in [0.2, 0.25) is 0 Å². The average Bonchev–Trinajstić information content (AvgIpc) is 0.811. The molecule has 41 valence electrons. The van der Waals surface area contributed by atoms with E-state index < -0.39 is 11.0 Å². The van der Waals surface area contributed by atoms with Crippen molar-refractivity contribution >= 4 is 11.0 Å². The van der Waals surface area contributed by atoms with E-state index in [0.29, 0.717) is 0 Å². The Bertz CT molecular complexity index is 59.2. The third-order valence-electron chi connectivity index (χ3n) is 0. The second-order valence-corrected chi connectivity index (χ2v) is 0.651. The molecular formula is HEuGdO3S-. The largest absolute Gasteiger partial charge is 0.439 e. The van der Waals surface area contributed by atoms with Gasteiger partial charge < -0.3 is 13.0 Å². The van der Waals surface area contributed by atoms with Crippen molar-refractivity contribution in [3.05, 3.63) is 0 Å². The fraction of sp³-hybridized carbons (Fsp3) is 0. The zero-order chi connectivity index (χ0) is 3.58. The average molecular weight is 390 g/mol. The van der Waals surface area contributed by atoms with Crippen LogP contribution in [0, 0.1) is 89.3 Å². The van der Waals surface area contributed by atoms with Crippen molar-refractivity contribution in [2.45, 2.75) is 0 Å². The Balaban J connectivity index is -0.0000000450. The van der Waals surface area contributed by atoms with Gasteiger partial charge in [0.15, 0.2) is 0 Å². The maximum atomic E-state index is 8.56. The van der Waals surface area contributed by atoms with Crippen LogP contribution in [0.15, 0.2) is 0 Å². The molecule has 0 amide bonds. The van der Waals surface area contributed by atoms with Crippen LogP contribution >= 0.6 is 0 Å². The maximum Gasteiger partial charge on any atom is 0.0495 e. The second kappa shape index (κ2) is 10.7. The molecule has 0 rings (SSSR count). The van der Waals surface area contributed by atoms with Gasteiger partial charge in [-0.15, -0.1) is 0 Å². The molecule has 0 aromatic carbocycles. The first-order valence-electron chi connectivity index (χ1n) is 0.516. The first-order valence-corrected chi connectivity index (χ1v) is 1.55. The third-order valence-corrected chi connectivity index (χ3v) is 0. The van der Waals surface area contributed by atoms with Crippen molar-refractivity contribution in [2.24, 2.45) is 0 Å². The first-order chi connectivity index (χ1) is 1.73. The zero-order valence-electron chi connectivity index (χ0n) is 2.40. The molecule has 0 aromatic rings. The fourth-order valence-corrected chi connectivity index (χ4v) is 0. The van der Waals surface area contributed by atoms with Gasteiger partial charge in [-0.3, -0.25) is 0 Å². The van der Waals surface area contributed by atoms with Gasteiger partial charge in [0.1, 0.15) is 0 Å². The van der Waals surface area contributed by atoms with Crippen LogP contribution in [0.1, 0.15) is 0 Å². The van der Waals surface area contributed by atoms with E-state index in [1.54, 1.807) is 0 Å². The molecule has 0 spiro atoms. The van der Waals surface area contributed by atoms with E-state index in [2.05, 4.69) is 0 Å². The van der Waals surface area contributed by atoms with Gasteiger partial charge >= 0.3 is 0 Å². The summed E-state index contributed by atoms with van der Waals surface area (Å²) in [6, 6.07) is 0. The molecule has 6 heavy (non-hydrogen) atoms. The quantitative estimate of drug-likeness (QED) is 0.353. The van der Waals surface area contributed by atoms with E-state index in [1.165, 1.54) is 0 Å². The Labute approximate surface area is 110 Å². The molecule has 0 bridgehead atoms. The summed E-state index contributed by atoms with van der Waals surface area (Å²) in [4.78, 5) is 0.